The highest BCUT2D eigenvalue weighted by molar-refractivity contribution is 7.15. The highest BCUT2D eigenvalue weighted by atomic mass is 32.1. The molecular weight excluding hydrogens is 250 g/mol. The SMILES string of the molecule is Cc1sc(-c2ccc3c(c2)OCO3)nc1CCO. The van der Waals surface area contributed by atoms with Crippen molar-refractivity contribution in [1.82, 2.24) is 4.98 Å². The molecule has 0 unspecified atom stereocenters. The summed E-state index contributed by atoms with van der Waals surface area (Å²) in [5, 5.41) is 9.93. The van der Waals surface area contributed by atoms with Gasteiger partial charge in [-0.1, -0.05) is 0 Å². The molecule has 5 heteroatoms. The molecule has 94 valence electrons. The highest BCUT2D eigenvalue weighted by Crippen LogP contribution is 2.37. The quantitative estimate of drug-likeness (QED) is 0.923. The van der Waals surface area contributed by atoms with Crippen LogP contribution in [0, 0.1) is 6.92 Å². The van der Waals surface area contributed by atoms with Crippen LogP contribution in [0.5, 0.6) is 11.5 Å². The van der Waals surface area contributed by atoms with Crippen molar-refractivity contribution in [1.29, 1.82) is 0 Å². The summed E-state index contributed by atoms with van der Waals surface area (Å²) in [5.41, 5.74) is 1.99. The molecule has 1 N–H and O–H groups in total. The summed E-state index contributed by atoms with van der Waals surface area (Å²) in [4.78, 5) is 5.71. The second-order valence-electron chi connectivity index (χ2n) is 4.06. The number of ether oxygens (including phenoxy) is 2. The van der Waals surface area contributed by atoms with Gasteiger partial charge in [0.25, 0.3) is 0 Å². The summed E-state index contributed by atoms with van der Waals surface area (Å²) in [6.45, 7) is 2.44. The molecule has 4 nitrogen and oxygen atoms in total. The van der Waals surface area contributed by atoms with Crippen molar-refractivity contribution in [3.05, 3.63) is 28.8 Å². The van der Waals surface area contributed by atoms with Gasteiger partial charge in [-0.3, -0.25) is 0 Å². The zero-order valence-electron chi connectivity index (χ0n) is 9.97. The van der Waals surface area contributed by atoms with E-state index < -0.39 is 0 Å². The molecule has 1 aromatic carbocycles. The van der Waals surface area contributed by atoms with Crippen LogP contribution >= 0.6 is 11.3 Å². The Bertz CT molecular complexity index is 580. The fraction of sp³-hybridized carbons (Fsp3) is 0.308. The van der Waals surface area contributed by atoms with E-state index in [0.717, 1.165) is 32.6 Å². The maximum Gasteiger partial charge on any atom is 0.231 e. The zero-order chi connectivity index (χ0) is 12.5. The Labute approximate surface area is 109 Å². The van der Waals surface area contributed by atoms with E-state index in [1.54, 1.807) is 11.3 Å². The summed E-state index contributed by atoms with van der Waals surface area (Å²) in [7, 11) is 0. The van der Waals surface area contributed by atoms with Gasteiger partial charge in [0.2, 0.25) is 6.79 Å². The predicted octanol–water partition coefficient (Wildman–Crippen LogP) is 2.38. The standard InChI is InChI=1S/C13H13NO3S/c1-8-10(4-5-15)14-13(18-8)9-2-3-11-12(6-9)17-7-16-11/h2-3,6,15H,4-5,7H2,1H3. The molecule has 0 bridgehead atoms. The van der Waals surface area contributed by atoms with Crippen molar-refractivity contribution in [3.8, 4) is 22.1 Å². The summed E-state index contributed by atoms with van der Waals surface area (Å²) >= 11 is 1.63. The Morgan fingerprint density at radius 1 is 1.33 bits per heavy atom. The number of aryl methyl sites for hydroxylation is 1. The number of aliphatic hydroxyl groups excluding tert-OH is 1. The maximum atomic E-state index is 8.98. The van der Waals surface area contributed by atoms with E-state index >= 15 is 0 Å². The number of hydrogen-bond acceptors (Lipinski definition) is 5. The van der Waals surface area contributed by atoms with E-state index in [-0.39, 0.29) is 13.4 Å². The number of nitrogens with zero attached hydrogens (tertiary/aromatic N) is 1. The summed E-state index contributed by atoms with van der Waals surface area (Å²) in [6.07, 6.45) is 0.604. The molecule has 2 aromatic rings. The van der Waals surface area contributed by atoms with Gasteiger partial charge in [0.15, 0.2) is 11.5 Å². The van der Waals surface area contributed by atoms with Gasteiger partial charge in [0.1, 0.15) is 5.01 Å². The van der Waals surface area contributed by atoms with E-state index in [0.29, 0.717) is 6.42 Å². The molecule has 0 spiro atoms. The second-order valence-corrected chi connectivity index (χ2v) is 5.27. The predicted molar refractivity (Wildman–Crippen MR) is 69.2 cm³/mol. The van der Waals surface area contributed by atoms with E-state index in [1.165, 1.54) is 0 Å². The van der Waals surface area contributed by atoms with Crippen LogP contribution in [-0.2, 0) is 6.42 Å². The second kappa shape index (κ2) is 4.59. The van der Waals surface area contributed by atoms with E-state index in [4.69, 9.17) is 14.6 Å². The Morgan fingerprint density at radius 2 is 2.17 bits per heavy atom. The summed E-state index contributed by atoms with van der Waals surface area (Å²) in [5.74, 6) is 1.55. The third kappa shape index (κ3) is 1.95. The lowest BCUT2D eigenvalue weighted by Crippen LogP contribution is -1.93. The highest BCUT2D eigenvalue weighted by Gasteiger charge is 2.16. The molecule has 0 saturated carbocycles. The number of thiazole rings is 1. The fourth-order valence-electron chi connectivity index (χ4n) is 1.92. The first-order valence-corrected chi connectivity index (χ1v) is 6.57. The van der Waals surface area contributed by atoms with Crippen molar-refractivity contribution in [3.63, 3.8) is 0 Å². The Balaban J connectivity index is 1.97. The van der Waals surface area contributed by atoms with Gasteiger partial charge in [-0.2, -0.15) is 0 Å². The molecule has 1 aliphatic heterocycles. The van der Waals surface area contributed by atoms with Crippen molar-refractivity contribution in [2.24, 2.45) is 0 Å². The summed E-state index contributed by atoms with van der Waals surface area (Å²) < 4.78 is 10.6. The fourth-order valence-corrected chi connectivity index (χ4v) is 2.88. The molecular formula is C13H13NO3S. The Morgan fingerprint density at radius 3 is 3.00 bits per heavy atom. The maximum absolute atomic E-state index is 8.98. The number of aliphatic hydroxyl groups is 1. The minimum absolute atomic E-state index is 0.130. The van der Waals surface area contributed by atoms with Gasteiger partial charge in [0, 0.05) is 23.5 Å². The number of rotatable bonds is 3. The van der Waals surface area contributed by atoms with Crippen molar-refractivity contribution in [2.45, 2.75) is 13.3 Å². The van der Waals surface area contributed by atoms with Crippen LogP contribution in [0.25, 0.3) is 10.6 Å². The van der Waals surface area contributed by atoms with Crippen LogP contribution in [0.15, 0.2) is 18.2 Å². The molecule has 0 atom stereocenters. The monoisotopic (exact) mass is 263 g/mol. The van der Waals surface area contributed by atoms with Gasteiger partial charge in [-0.25, -0.2) is 4.98 Å². The Hall–Kier alpha value is -1.59. The molecule has 0 amide bonds. The first kappa shape index (κ1) is 11.5. The average Bonchev–Trinajstić information content (AvgIpc) is 2.96. The number of hydrogen-bond donors (Lipinski definition) is 1. The molecule has 1 aliphatic rings. The number of aromatic nitrogens is 1. The van der Waals surface area contributed by atoms with Gasteiger partial charge < -0.3 is 14.6 Å². The van der Waals surface area contributed by atoms with Crippen LogP contribution < -0.4 is 9.47 Å². The molecule has 3 rings (SSSR count). The molecule has 0 fully saturated rings. The van der Waals surface area contributed by atoms with E-state index in [1.807, 2.05) is 25.1 Å². The normalized spacial score (nSPS) is 13.0. The molecule has 0 aliphatic carbocycles. The van der Waals surface area contributed by atoms with Crippen molar-refractivity contribution >= 4 is 11.3 Å². The third-order valence-corrected chi connectivity index (χ3v) is 3.92. The van der Waals surface area contributed by atoms with Crippen LogP contribution in [0.4, 0.5) is 0 Å². The minimum atomic E-state index is 0.130. The lowest BCUT2D eigenvalue weighted by atomic mass is 10.2. The average molecular weight is 263 g/mol. The first-order valence-electron chi connectivity index (χ1n) is 5.75. The zero-order valence-corrected chi connectivity index (χ0v) is 10.8. The lowest BCUT2D eigenvalue weighted by Gasteiger charge is -1.99. The number of fused-ring (bicyclic) bond motifs is 1. The molecule has 0 radical (unpaired) electrons. The van der Waals surface area contributed by atoms with Gasteiger partial charge in [-0.05, 0) is 25.1 Å². The Kier molecular flexibility index (Phi) is 2.93. The van der Waals surface area contributed by atoms with Crippen LogP contribution in [0.3, 0.4) is 0 Å². The molecule has 18 heavy (non-hydrogen) atoms. The van der Waals surface area contributed by atoms with Gasteiger partial charge in [-0.15, -0.1) is 11.3 Å². The summed E-state index contributed by atoms with van der Waals surface area (Å²) in [6, 6.07) is 5.83. The molecule has 2 heterocycles. The minimum Gasteiger partial charge on any atom is -0.454 e. The van der Waals surface area contributed by atoms with Crippen molar-refractivity contribution < 1.29 is 14.6 Å². The van der Waals surface area contributed by atoms with Crippen LogP contribution in [0.1, 0.15) is 10.6 Å². The topological polar surface area (TPSA) is 51.6 Å². The third-order valence-electron chi connectivity index (χ3n) is 2.86. The van der Waals surface area contributed by atoms with Crippen LogP contribution in [0.2, 0.25) is 0 Å². The van der Waals surface area contributed by atoms with E-state index in [2.05, 4.69) is 4.98 Å². The first-order chi connectivity index (χ1) is 8.78. The number of benzene rings is 1. The van der Waals surface area contributed by atoms with Crippen molar-refractivity contribution in [2.75, 3.05) is 13.4 Å². The smallest absolute Gasteiger partial charge is 0.231 e. The van der Waals surface area contributed by atoms with E-state index in [9.17, 15) is 0 Å². The molecule has 1 aromatic heterocycles. The van der Waals surface area contributed by atoms with Gasteiger partial charge >= 0.3 is 0 Å². The lowest BCUT2D eigenvalue weighted by molar-refractivity contribution is 0.174. The van der Waals surface area contributed by atoms with Gasteiger partial charge in [0.05, 0.1) is 5.69 Å². The molecule has 0 saturated heterocycles. The van der Waals surface area contributed by atoms with Crippen LogP contribution in [-0.4, -0.2) is 23.5 Å². The largest absolute Gasteiger partial charge is 0.454 e.